The van der Waals surface area contributed by atoms with Crippen molar-refractivity contribution in [1.82, 2.24) is 0 Å². The molecule has 0 radical (unpaired) electrons. The Kier molecular flexibility index (Phi) is 8.21. The van der Waals surface area contributed by atoms with Crippen LogP contribution in [0.2, 0.25) is 0 Å². The zero-order valence-electron chi connectivity index (χ0n) is 17.1. The molecule has 0 spiro atoms. The molecule has 1 aromatic heterocycles. The Morgan fingerprint density at radius 3 is 2.28 bits per heavy atom. The zero-order chi connectivity index (χ0) is 24.0. The van der Waals surface area contributed by atoms with Gasteiger partial charge in [-0.1, -0.05) is 0 Å². The van der Waals surface area contributed by atoms with Crippen LogP contribution in [0.5, 0.6) is 0 Å². The van der Waals surface area contributed by atoms with Crippen LogP contribution in [0.15, 0.2) is 24.5 Å². The summed E-state index contributed by atoms with van der Waals surface area (Å²) in [5.74, 6) is -5.38. The lowest BCUT2D eigenvalue weighted by Gasteiger charge is -2.21. The number of ether oxygens (including phenoxy) is 4. The van der Waals surface area contributed by atoms with Gasteiger partial charge in [0.2, 0.25) is 6.10 Å². The second-order valence-electron chi connectivity index (χ2n) is 6.80. The summed E-state index contributed by atoms with van der Waals surface area (Å²) in [6.07, 6.45) is -4.89. The van der Waals surface area contributed by atoms with Crippen LogP contribution in [0.3, 0.4) is 0 Å². The molecule has 1 aliphatic rings. The fourth-order valence-electron chi connectivity index (χ4n) is 2.99. The molecule has 0 saturated carbocycles. The van der Waals surface area contributed by atoms with Gasteiger partial charge in [-0.15, -0.1) is 0 Å². The number of carbonyl (C=O) groups is 5. The van der Waals surface area contributed by atoms with Gasteiger partial charge in [0.05, 0.1) is 6.42 Å². The summed E-state index contributed by atoms with van der Waals surface area (Å²) < 4.78 is 22.5. The number of hydrogen-bond donors (Lipinski definition) is 3. The number of hydrogen-bond acceptors (Lipinski definition) is 10. The van der Waals surface area contributed by atoms with E-state index in [1.165, 1.54) is 29.1 Å². The van der Waals surface area contributed by atoms with Gasteiger partial charge in [-0.3, -0.25) is 14.4 Å². The second-order valence-corrected chi connectivity index (χ2v) is 6.80. The number of aliphatic hydroxyl groups excluding tert-OH is 1. The van der Waals surface area contributed by atoms with E-state index in [1.54, 1.807) is 0 Å². The van der Waals surface area contributed by atoms with Gasteiger partial charge in [0.15, 0.2) is 24.6 Å². The Hall–Kier alpha value is -3.58. The highest BCUT2D eigenvalue weighted by atomic mass is 16.7. The average molecular weight is 456 g/mol. The Labute approximate surface area is 181 Å². The molecule has 13 nitrogen and oxygen atoms in total. The number of aliphatic hydroxyl groups is 1. The van der Waals surface area contributed by atoms with Crippen LogP contribution < -0.4 is 4.57 Å². The second kappa shape index (κ2) is 10.6. The number of nitrogens with zero attached hydrogens (tertiary/aromatic N) is 1. The smallest absolute Gasteiger partial charge is 0.341 e. The number of carboxylic acid groups (broad SMARTS) is 2. The summed E-state index contributed by atoms with van der Waals surface area (Å²) in [4.78, 5) is 57.0. The zero-order valence-corrected chi connectivity index (χ0v) is 17.1. The van der Waals surface area contributed by atoms with Crippen molar-refractivity contribution in [1.29, 1.82) is 0 Å². The highest BCUT2D eigenvalue weighted by molar-refractivity contribution is 5.86. The molecule has 0 amide bonds. The summed E-state index contributed by atoms with van der Waals surface area (Å²) in [7, 11) is 0. The minimum Gasteiger partial charge on any atom is -0.479 e. The lowest BCUT2D eigenvalue weighted by atomic mass is 10.1. The number of pyridine rings is 1. The largest absolute Gasteiger partial charge is 0.479 e. The van der Waals surface area contributed by atoms with E-state index >= 15 is 0 Å². The Balaban J connectivity index is 2.28. The summed E-state index contributed by atoms with van der Waals surface area (Å²) in [6.45, 7) is 1.68. The van der Waals surface area contributed by atoms with E-state index in [9.17, 15) is 34.2 Å². The predicted octanol–water partition coefficient (Wildman–Crippen LogP) is -1.19. The molecule has 2 rings (SSSR count). The number of carbonyl (C=O) groups excluding carboxylic acids is 3. The standard InChI is InChI=1S/C19H21NO12/c1-9(21)30-15-13(8-29-14(24)6-12(23)19(27)28)32-17(16(15)31-10(2)22)20-5-3-4-11(7-20)18(25)26/h3-5,7,12-13,15-17,23H,6,8H2,1-2H3,(H-,25,26,27,28)/p+1/t12-,13+,15+,16+,17+/m0/s1. The third-order valence-electron chi connectivity index (χ3n) is 4.31. The normalized spacial score (nSPS) is 23.1. The highest BCUT2D eigenvalue weighted by Gasteiger charge is 2.54. The van der Waals surface area contributed by atoms with Crippen LogP contribution >= 0.6 is 0 Å². The van der Waals surface area contributed by atoms with E-state index in [-0.39, 0.29) is 5.56 Å². The topological polar surface area (TPSA) is 187 Å². The first-order valence-electron chi connectivity index (χ1n) is 9.30. The van der Waals surface area contributed by atoms with Gasteiger partial charge in [0, 0.05) is 19.9 Å². The number of carboxylic acids is 2. The van der Waals surface area contributed by atoms with E-state index in [2.05, 4.69) is 0 Å². The molecule has 3 N–H and O–H groups in total. The molecule has 0 bridgehead atoms. The lowest BCUT2D eigenvalue weighted by molar-refractivity contribution is -0.765. The number of aromatic nitrogens is 1. The van der Waals surface area contributed by atoms with Gasteiger partial charge in [0.1, 0.15) is 18.3 Å². The van der Waals surface area contributed by atoms with Crippen molar-refractivity contribution < 1.29 is 62.8 Å². The summed E-state index contributed by atoms with van der Waals surface area (Å²) in [5, 5.41) is 27.1. The molecule has 1 aliphatic heterocycles. The van der Waals surface area contributed by atoms with Crippen LogP contribution in [0, 0.1) is 0 Å². The summed E-state index contributed by atoms with van der Waals surface area (Å²) in [6, 6.07) is 2.74. The number of aliphatic carboxylic acids is 1. The van der Waals surface area contributed by atoms with Crippen molar-refractivity contribution in [3.05, 3.63) is 30.1 Å². The molecule has 0 unspecified atom stereocenters. The van der Waals surface area contributed by atoms with Crippen LogP contribution in [0.4, 0.5) is 0 Å². The van der Waals surface area contributed by atoms with Crippen LogP contribution in [-0.2, 0) is 38.1 Å². The first kappa shape index (κ1) is 24.7. The van der Waals surface area contributed by atoms with Crippen molar-refractivity contribution in [3.8, 4) is 0 Å². The summed E-state index contributed by atoms with van der Waals surface area (Å²) in [5.41, 5.74) is -0.0979. The van der Waals surface area contributed by atoms with Crippen molar-refractivity contribution in [3.63, 3.8) is 0 Å². The SMILES string of the molecule is CC(=O)O[C@@H]1[C@H](OC(C)=O)[C@@H](COC(=O)C[C@H](O)C(=O)O)O[C@H]1[n+]1cccc(C(=O)O)c1. The quantitative estimate of drug-likeness (QED) is 0.229. The molecule has 32 heavy (non-hydrogen) atoms. The molecular weight excluding hydrogens is 434 g/mol. The Morgan fingerprint density at radius 1 is 1.09 bits per heavy atom. The molecule has 1 saturated heterocycles. The van der Waals surface area contributed by atoms with Crippen molar-refractivity contribution >= 4 is 29.8 Å². The third kappa shape index (κ3) is 6.46. The molecular formula is C19H22NO12+. The Morgan fingerprint density at radius 2 is 1.72 bits per heavy atom. The van der Waals surface area contributed by atoms with E-state index in [0.717, 1.165) is 13.8 Å². The number of rotatable bonds is 9. The molecule has 2 heterocycles. The van der Waals surface area contributed by atoms with Crippen LogP contribution in [0.25, 0.3) is 0 Å². The molecule has 0 aliphatic carbocycles. The first-order chi connectivity index (χ1) is 15.0. The van der Waals surface area contributed by atoms with Gasteiger partial charge >= 0.3 is 36.1 Å². The maximum atomic E-state index is 11.8. The van der Waals surface area contributed by atoms with E-state index in [0.29, 0.717) is 0 Å². The molecule has 1 aromatic rings. The fraction of sp³-hybridized carbons (Fsp3) is 0.474. The monoisotopic (exact) mass is 456 g/mol. The van der Waals surface area contributed by atoms with Crippen molar-refractivity contribution in [2.45, 2.75) is 50.9 Å². The van der Waals surface area contributed by atoms with E-state index in [4.69, 9.17) is 24.1 Å². The van der Waals surface area contributed by atoms with Crippen molar-refractivity contribution in [2.75, 3.05) is 6.61 Å². The number of esters is 3. The van der Waals surface area contributed by atoms with Gasteiger partial charge in [-0.25, -0.2) is 9.59 Å². The molecule has 13 heteroatoms. The summed E-state index contributed by atoms with van der Waals surface area (Å²) >= 11 is 0. The Bertz CT molecular complexity index is 900. The first-order valence-corrected chi connectivity index (χ1v) is 9.30. The lowest BCUT2D eigenvalue weighted by Crippen LogP contribution is -2.48. The predicted molar refractivity (Wildman–Crippen MR) is 97.8 cm³/mol. The maximum absolute atomic E-state index is 11.8. The van der Waals surface area contributed by atoms with E-state index in [1.807, 2.05) is 0 Å². The fourth-order valence-corrected chi connectivity index (χ4v) is 2.99. The van der Waals surface area contributed by atoms with Gasteiger partial charge in [-0.2, -0.15) is 4.57 Å². The molecule has 0 aromatic carbocycles. The third-order valence-corrected chi connectivity index (χ3v) is 4.31. The number of aromatic carboxylic acids is 1. The van der Waals surface area contributed by atoms with Gasteiger partial charge in [0.25, 0.3) is 0 Å². The molecule has 5 atom stereocenters. The molecule has 1 fully saturated rings. The highest BCUT2D eigenvalue weighted by Crippen LogP contribution is 2.31. The van der Waals surface area contributed by atoms with Crippen molar-refractivity contribution in [2.24, 2.45) is 0 Å². The van der Waals surface area contributed by atoms with Crippen LogP contribution in [0.1, 0.15) is 36.9 Å². The maximum Gasteiger partial charge on any atom is 0.341 e. The van der Waals surface area contributed by atoms with Crippen LogP contribution in [-0.4, -0.2) is 76.2 Å². The van der Waals surface area contributed by atoms with Gasteiger partial charge in [-0.05, 0) is 6.07 Å². The molecule has 174 valence electrons. The minimum atomic E-state index is -1.97. The average Bonchev–Trinajstić information content (AvgIpc) is 3.02. The minimum absolute atomic E-state index is 0.0979. The van der Waals surface area contributed by atoms with Gasteiger partial charge < -0.3 is 34.3 Å². The van der Waals surface area contributed by atoms with E-state index < -0.39 is 73.5 Å².